The van der Waals surface area contributed by atoms with Crippen molar-refractivity contribution in [3.63, 3.8) is 0 Å². The molecule has 0 heterocycles. The lowest BCUT2D eigenvalue weighted by atomic mass is 9.85. The molecular weight excluding hydrogens is 273 g/mol. The number of carbonyl (C=O) groups is 1. The summed E-state index contributed by atoms with van der Waals surface area (Å²) in [4.78, 5) is 11.9. The Balaban J connectivity index is 2.90. The van der Waals surface area contributed by atoms with Gasteiger partial charge in [-0.25, -0.2) is 4.39 Å². The number of hydrogen-bond acceptors (Lipinski definition) is 2. The van der Waals surface area contributed by atoms with E-state index in [0.717, 1.165) is 0 Å². The van der Waals surface area contributed by atoms with Gasteiger partial charge < -0.3 is 5.73 Å². The van der Waals surface area contributed by atoms with Crippen LogP contribution >= 0.6 is 15.9 Å². The summed E-state index contributed by atoms with van der Waals surface area (Å²) in [6, 6.07) is 4.68. The van der Waals surface area contributed by atoms with Crippen LogP contribution in [0.1, 0.15) is 19.4 Å². The van der Waals surface area contributed by atoms with E-state index in [0.29, 0.717) is 16.6 Å². The average molecular weight is 288 g/mol. The van der Waals surface area contributed by atoms with Crippen molar-refractivity contribution in [2.24, 2.45) is 11.1 Å². The molecular formula is C12H15BrFNO. The number of benzene rings is 1. The van der Waals surface area contributed by atoms with Gasteiger partial charge in [-0.2, -0.15) is 0 Å². The summed E-state index contributed by atoms with van der Waals surface area (Å²) in [6.07, 6.45) is 0.197. The molecule has 1 rings (SSSR count). The van der Waals surface area contributed by atoms with Gasteiger partial charge in [0.15, 0.2) is 0 Å². The molecule has 0 aliphatic rings. The van der Waals surface area contributed by atoms with Crippen molar-refractivity contribution in [2.75, 3.05) is 6.54 Å². The fourth-order valence-corrected chi connectivity index (χ4v) is 1.62. The Hall–Kier alpha value is -0.740. The first-order valence-corrected chi connectivity index (χ1v) is 5.84. The highest BCUT2D eigenvalue weighted by atomic mass is 79.9. The lowest BCUT2D eigenvalue weighted by Gasteiger charge is -2.20. The van der Waals surface area contributed by atoms with E-state index < -0.39 is 5.41 Å². The third-order valence-corrected chi connectivity index (χ3v) is 3.54. The first-order chi connectivity index (χ1) is 7.38. The van der Waals surface area contributed by atoms with Crippen molar-refractivity contribution in [2.45, 2.75) is 20.3 Å². The summed E-state index contributed by atoms with van der Waals surface area (Å²) in [7, 11) is 0. The van der Waals surface area contributed by atoms with E-state index in [1.165, 1.54) is 6.07 Å². The van der Waals surface area contributed by atoms with Crippen molar-refractivity contribution in [3.8, 4) is 0 Å². The Kier molecular flexibility index (Phi) is 4.21. The van der Waals surface area contributed by atoms with Gasteiger partial charge in [0, 0.05) is 18.4 Å². The predicted molar refractivity (Wildman–Crippen MR) is 65.6 cm³/mol. The Morgan fingerprint density at radius 2 is 2.12 bits per heavy atom. The molecule has 1 aromatic carbocycles. The fraction of sp³-hybridized carbons (Fsp3) is 0.417. The van der Waals surface area contributed by atoms with Crippen LogP contribution in [0.3, 0.4) is 0 Å². The highest BCUT2D eigenvalue weighted by molar-refractivity contribution is 9.10. The first-order valence-electron chi connectivity index (χ1n) is 5.05. The number of rotatable bonds is 4. The van der Waals surface area contributed by atoms with E-state index in [4.69, 9.17) is 5.73 Å². The second kappa shape index (κ2) is 5.06. The van der Waals surface area contributed by atoms with Crippen LogP contribution in [0.5, 0.6) is 0 Å². The number of hydrogen-bond donors (Lipinski definition) is 1. The Morgan fingerprint density at radius 1 is 1.50 bits per heavy atom. The number of carbonyl (C=O) groups excluding carboxylic acids is 1. The van der Waals surface area contributed by atoms with Gasteiger partial charge in [0.25, 0.3) is 0 Å². The highest BCUT2D eigenvalue weighted by Gasteiger charge is 2.26. The SMILES string of the molecule is CC(C)(CN)C(=O)Cc1cccc(F)c1Br. The summed E-state index contributed by atoms with van der Waals surface area (Å²) in [5, 5.41) is 0. The molecule has 0 atom stereocenters. The van der Waals surface area contributed by atoms with Crippen LogP contribution in [0.25, 0.3) is 0 Å². The molecule has 88 valence electrons. The number of ketones is 1. The summed E-state index contributed by atoms with van der Waals surface area (Å²) < 4.78 is 13.6. The van der Waals surface area contributed by atoms with Gasteiger partial charge in [0.2, 0.25) is 0 Å². The molecule has 0 aromatic heterocycles. The molecule has 0 aliphatic heterocycles. The quantitative estimate of drug-likeness (QED) is 0.925. The third kappa shape index (κ3) is 2.89. The molecule has 0 bridgehead atoms. The monoisotopic (exact) mass is 287 g/mol. The van der Waals surface area contributed by atoms with Gasteiger partial charge in [-0.3, -0.25) is 4.79 Å². The summed E-state index contributed by atoms with van der Waals surface area (Å²) >= 11 is 3.14. The van der Waals surface area contributed by atoms with Crippen LogP contribution in [0.2, 0.25) is 0 Å². The van der Waals surface area contributed by atoms with Crippen LogP contribution in [0, 0.1) is 11.2 Å². The van der Waals surface area contributed by atoms with Crippen molar-refractivity contribution in [1.29, 1.82) is 0 Å². The average Bonchev–Trinajstić information content (AvgIpc) is 2.24. The minimum absolute atomic E-state index is 0.0151. The lowest BCUT2D eigenvalue weighted by Crippen LogP contribution is -2.33. The van der Waals surface area contributed by atoms with E-state index in [1.54, 1.807) is 26.0 Å². The van der Waals surface area contributed by atoms with E-state index in [9.17, 15) is 9.18 Å². The standard InChI is InChI=1S/C12H15BrFNO/c1-12(2,7-15)10(16)6-8-4-3-5-9(14)11(8)13/h3-5H,6-7,15H2,1-2H3. The Labute approximate surface area is 103 Å². The van der Waals surface area contributed by atoms with Crippen LogP contribution in [0.15, 0.2) is 22.7 Å². The Morgan fingerprint density at radius 3 is 2.69 bits per heavy atom. The minimum atomic E-state index is -0.564. The first kappa shape index (κ1) is 13.3. The van der Waals surface area contributed by atoms with Crippen molar-refractivity contribution in [3.05, 3.63) is 34.1 Å². The molecule has 1 aromatic rings. The van der Waals surface area contributed by atoms with E-state index in [-0.39, 0.29) is 18.0 Å². The van der Waals surface area contributed by atoms with Gasteiger partial charge in [-0.1, -0.05) is 26.0 Å². The number of halogens is 2. The molecule has 0 aliphatic carbocycles. The van der Waals surface area contributed by atoms with Crippen LogP contribution in [-0.4, -0.2) is 12.3 Å². The zero-order chi connectivity index (χ0) is 12.3. The van der Waals surface area contributed by atoms with Gasteiger partial charge in [0.1, 0.15) is 11.6 Å². The van der Waals surface area contributed by atoms with Crippen molar-refractivity contribution < 1.29 is 9.18 Å². The maximum atomic E-state index is 13.2. The Bertz CT molecular complexity index is 404. The van der Waals surface area contributed by atoms with Crippen LogP contribution in [0.4, 0.5) is 4.39 Å². The molecule has 0 saturated carbocycles. The molecule has 2 N–H and O–H groups in total. The van der Waals surface area contributed by atoms with Crippen LogP contribution in [-0.2, 0) is 11.2 Å². The smallest absolute Gasteiger partial charge is 0.144 e. The summed E-state index contributed by atoms with van der Waals surface area (Å²) in [5.41, 5.74) is 5.62. The normalized spacial score (nSPS) is 11.6. The predicted octanol–water partition coefficient (Wildman–Crippen LogP) is 2.68. The second-order valence-electron chi connectivity index (χ2n) is 4.40. The summed E-state index contributed by atoms with van der Waals surface area (Å²) in [6.45, 7) is 3.88. The second-order valence-corrected chi connectivity index (χ2v) is 5.19. The largest absolute Gasteiger partial charge is 0.329 e. The molecule has 0 fully saturated rings. The number of Topliss-reactive ketones (excluding diaryl/α,β-unsaturated/α-hetero) is 1. The highest BCUT2D eigenvalue weighted by Crippen LogP contribution is 2.24. The van der Waals surface area contributed by atoms with Crippen molar-refractivity contribution in [1.82, 2.24) is 0 Å². The molecule has 16 heavy (non-hydrogen) atoms. The molecule has 2 nitrogen and oxygen atoms in total. The van der Waals surface area contributed by atoms with Gasteiger partial charge in [0.05, 0.1) is 4.47 Å². The molecule has 0 unspecified atom stereocenters. The minimum Gasteiger partial charge on any atom is -0.329 e. The molecule has 0 saturated heterocycles. The molecule has 0 amide bonds. The zero-order valence-electron chi connectivity index (χ0n) is 9.39. The lowest BCUT2D eigenvalue weighted by molar-refractivity contribution is -0.125. The van der Waals surface area contributed by atoms with E-state index in [1.807, 2.05) is 0 Å². The molecule has 0 radical (unpaired) electrons. The zero-order valence-corrected chi connectivity index (χ0v) is 11.0. The van der Waals surface area contributed by atoms with Crippen LogP contribution < -0.4 is 5.73 Å². The number of nitrogens with two attached hydrogens (primary N) is 1. The van der Waals surface area contributed by atoms with E-state index in [2.05, 4.69) is 15.9 Å². The maximum Gasteiger partial charge on any atom is 0.144 e. The fourth-order valence-electron chi connectivity index (χ4n) is 1.21. The van der Waals surface area contributed by atoms with Gasteiger partial charge in [-0.15, -0.1) is 0 Å². The molecule has 0 spiro atoms. The van der Waals surface area contributed by atoms with E-state index >= 15 is 0 Å². The van der Waals surface area contributed by atoms with Gasteiger partial charge in [-0.05, 0) is 27.6 Å². The maximum absolute atomic E-state index is 13.2. The van der Waals surface area contributed by atoms with Gasteiger partial charge >= 0.3 is 0 Å². The summed E-state index contributed by atoms with van der Waals surface area (Å²) in [5.74, 6) is -0.336. The topological polar surface area (TPSA) is 43.1 Å². The van der Waals surface area contributed by atoms with Crippen molar-refractivity contribution >= 4 is 21.7 Å². The molecule has 4 heteroatoms. The third-order valence-electron chi connectivity index (χ3n) is 2.65.